The van der Waals surface area contributed by atoms with Gasteiger partial charge in [0.25, 0.3) is 0 Å². The molecule has 2 aliphatic carbocycles. The van der Waals surface area contributed by atoms with Crippen LogP contribution < -0.4 is 0 Å². The molecule has 0 amide bonds. The fourth-order valence-electron chi connectivity index (χ4n) is 6.11. The fourth-order valence-corrected chi connectivity index (χ4v) is 8.51. The molecule has 2 fully saturated rings. The first kappa shape index (κ1) is 25.6. The van der Waals surface area contributed by atoms with Crippen molar-refractivity contribution in [3.05, 3.63) is 0 Å². The van der Waals surface area contributed by atoms with Crippen molar-refractivity contribution in [2.45, 2.75) is 177 Å². The molecule has 172 valence electrons. The summed E-state index contributed by atoms with van der Waals surface area (Å²) in [6.45, 7) is 4.72. The molecule has 2 rings (SSSR count). The zero-order valence-electron chi connectivity index (χ0n) is 20.4. The van der Waals surface area contributed by atoms with Gasteiger partial charge >= 0.3 is 0 Å². The molecule has 0 aliphatic heterocycles. The number of hydrogen-bond donors (Lipinski definition) is 0. The summed E-state index contributed by atoms with van der Waals surface area (Å²) in [5.41, 5.74) is 0. The van der Waals surface area contributed by atoms with Gasteiger partial charge in [-0.1, -0.05) is 129 Å². The summed E-state index contributed by atoms with van der Waals surface area (Å²) < 4.78 is 1.25. The van der Waals surface area contributed by atoms with Gasteiger partial charge in [0, 0.05) is 9.49 Å². The van der Waals surface area contributed by atoms with Gasteiger partial charge in [-0.2, -0.15) is 0 Å². The predicted octanol–water partition coefficient (Wildman–Crippen LogP) is 10.6. The molecule has 2 saturated carbocycles. The molecule has 0 bridgehead atoms. The summed E-state index contributed by atoms with van der Waals surface area (Å²) in [4.78, 5) is 0. The smallest absolute Gasteiger partial charge is 0.0165 e. The van der Waals surface area contributed by atoms with Crippen molar-refractivity contribution >= 4 is 11.8 Å². The van der Waals surface area contributed by atoms with Gasteiger partial charge in [0.1, 0.15) is 0 Å². The van der Waals surface area contributed by atoms with Crippen molar-refractivity contribution < 1.29 is 0 Å². The van der Waals surface area contributed by atoms with Gasteiger partial charge in [0.15, 0.2) is 0 Å². The van der Waals surface area contributed by atoms with Gasteiger partial charge in [0.2, 0.25) is 0 Å². The second kappa shape index (κ2) is 15.2. The molecule has 0 saturated heterocycles. The summed E-state index contributed by atoms with van der Waals surface area (Å²) in [6, 6.07) is 0. The first-order valence-corrected chi connectivity index (χ1v) is 14.8. The Kier molecular flexibility index (Phi) is 13.4. The van der Waals surface area contributed by atoms with Crippen LogP contribution in [0.15, 0.2) is 0 Å². The van der Waals surface area contributed by atoms with Crippen molar-refractivity contribution in [2.75, 3.05) is 0 Å². The highest BCUT2D eigenvalue weighted by molar-refractivity contribution is 8.02. The van der Waals surface area contributed by atoms with E-state index in [0.29, 0.717) is 9.49 Å². The van der Waals surface area contributed by atoms with Gasteiger partial charge in [-0.3, -0.25) is 0 Å². The SMILES string of the molecule is CCCCCCC1(SC2(CCCCCC)CCCCCCC2)CCCCCCC1. The molecule has 0 aromatic rings. The predicted molar refractivity (Wildman–Crippen MR) is 135 cm³/mol. The lowest BCUT2D eigenvalue weighted by atomic mass is 9.85. The summed E-state index contributed by atoms with van der Waals surface area (Å²) >= 11 is 2.60. The quantitative estimate of drug-likeness (QED) is 0.282. The number of hydrogen-bond acceptors (Lipinski definition) is 1. The second-order valence-corrected chi connectivity index (χ2v) is 12.6. The van der Waals surface area contributed by atoms with Crippen LogP contribution >= 0.6 is 11.8 Å². The summed E-state index contributed by atoms with van der Waals surface area (Å²) in [7, 11) is 0. The molecule has 0 N–H and O–H groups in total. The molecular formula is C28H54S. The molecule has 1 heteroatoms. The molecule has 0 nitrogen and oxygen atoms in total. The second-order valence-electron chi connectivity index (χ2n) is 10.6. The molecule has 29 heavy (non-hydrogen) atoms. The maximum atomic E-state index is 2.60. The molecule has 0 aromatic carbocycles. The third kappa shape index (κ3) is 10.0. The van der Waals surface area contributed by atoms with Crippen LogP contribution in [0.25, 0.3) is 0 Å². The lowest BCUT2D eigenvalue weighted by Gasteiger charge is -2.46. The summed E-state index contributed by atoms with van der Waals surface area (Å²) in [6.07, 6.45) is 35.8. The Labute approximate surface area is 189 Å². The topological polar surface area (TPSA) is 0 Å². The van der Waals surface area contributed by atoms with Gasteiger partial charge in [-0.25, -0.2) is 0 Å². The normalized spacial score (nSPS) is 23.0. The molecule has 0 spiro atoms. The maximum Gasteiger partial charge on any atom is 0.0165 e. The van der Waals surface area contributed by atoms with E-state index in [9.17, 15) is 0 Å². The molecule has 0 atom stereocenters. The van der Waals surface area contributed by atoms with Gasteiger partial charge in [0.05, 0.1) is 0 Å². The highest BCUT2D eigenvalue weighted by Gasteiger charge is 2.40. The maximum absolute atomic E-state index is 2.60. The van der Waals surface area contributed by atoms with Crippen molar-refractivity contribution in [1.29, 1.82) is 0 Å². The van der Waals surface area contributed by atoms with Crippen molar-refractivity contribution in [1.82, 2.24) is 0 Å². The largest absolute Gasteiger partial charge is 0.148 e. The van der Waals surface area contributed by atoms with Gasteiger partial charge in [-0.05, 0) is 38.5 Å². The summed E-state index contributed by atoms with van der Waals surface area (Å²) in [5.74, 6) is 0. The lowest BCUT2D eigenvalue weighted by Crippen LogP contribution is -2.37. The van der Waals surface area contributed by atoms with E-state index in [-0.39, 0.29) is 0 Å². The molecule has 0 heterocycles. The zero-order chi connectivity index (χ0) is 20.7. The van der Waals surface area contributed by atoms with Gasteiger partial charge < -0.3 is 0 Å². The number of unbranched alkanes of at least 4 members (excludes halogenated alkanes) is 6. The Morgan fingerprint density at radius 3 is 1.14 bits per heavy atom. The monoisotopic (exact) mass is 422 g/mol. The Hall–Kier alpha value is 0.350. The number of rotatable bonds is 12. The Morgan fingerprint density at radius 1 is 0.448 bits per heavy atom. The standard InChI is InChI=1S/C28H54S/c1-3-5-7-15-21-27(23-17-11-9-12-18-24-27)29-28(22-16-8-6-4-2)25-19-13-10-14-20-26-28/h3-26H2,1-2H3. The highest BCUT2D eigenvalue weighted by Crippen LogP contribution is 2.54. The number of thioether (sulfide) groups is 1. The van der Waals surface area contributed by atoms with Crippen LogP contribution in [0, 0.1) is 0 Å². The van der Waals surface area contributed by atoms with E-state index in [1.54, 1.807) is 0 Å². The highest BCUT2D eigenvalue weighted by atomic mass is 32.2. The molecule has 0 radical (unpaired) electrons. The van der Waals surface area contributed by atoms with Crippen molar-refractivity contribution in [3.63, 3.8) is 0 Å². The van der Waals surface area contributed by atoms with E-state index in [4.69, 9.17) is 0 Å². The Bertz CT molecular complexity index is 336. The third-order valence-electron chi connectivity index (χ3n) is 7.93. The molecule has 0 aromatic heterocycles. The molecule has 2 aliphatic rings. The van der Waals surface area contributed by atoms with E-state index in [1.165, 1.54) is 154 Å². The van der Waals surface area contributed by atoms with Crippen LogP contribution in [0.4, 0.5) is 0 Å². The van der Waals surface area contributed by atoms with Crippen LogP contribution in [0.1, 0.15) is 168 Å². The minimum atomic E-state index is 0.623. The minimum absolute atomic E-state index is 0.623. The van der Waals surface area contributed by atoms with Gasteiger partial charge in [-0.15, -0.1) is 11.8 Å². The average Bonchev–Trinajstić information content (AvgIpc) is 2.68. The summed E-state index contributed by atoms with van der Waals surface area (Å²) in [5, 5.41) is 0. The van der Waals surface area contributed by atoms with Crippen LogP contribution in [0.2, 0.25) is 0 Å². The van der Waals surface area contributed by atoms with E-state index in [2.05, 4.69) is 25.6 Å². The van der Waals surface area contributed by atoms with E-state index in [1.807, 2.05) is 0 Å². The first-order valence-electron chi connectivity index (χ1n) is 13.9. The fraction of sp³-hybridized carbons (Fsp3) is 1.00. The van der Waals surface area contributed by atoms with Crippen LogP contribution in [0.5, 0.6) is 0 Å². The van der Waals surface area contributed by atoms with Crippen LogP contribution in [0.3, 0.4) is 0 Å². The average molecular weight is 423 g/mol. The zero-order valence-corrected chi connectivity index (χ0v) is 21.2. The van der Waals surface area contributed by atoms with E-state index in [0.717, 1.165) is 0 Å². The Morgan fingerprint density at radius 2 is 0.793 bits per heavy atom. The minimum Gasteiger partial charge on any atom is -0.148 e. The first-order chi connectivity index (χ1) is 14.2. The van der Waals surface area contributed by atoms with Crippen molar-refractivity contribution in [3.8, 4) is 0 Å². The van der Waals surface area contributed by atoms with Crippen LogP contribution in [-0.4, -0.2) is 9.49 Å². The Balaban J connectivity index is 2.11. The third-order valence-corrected chi connectivity index (χ3v) is 10.0. The lowest BCUT2D eigenvalue weighted by molar-refractivity contribution is 0.353. The van der Waals surface area contributed by atoms with Crippen molar-refractivity contribution in [2.24, 2.45) is 0 Å². The van der Waals surface area contributed by atoms with E-state index >= 15 is 0 Å². The van der Waals surface area contributed by atoms with Crippen LogP contribution in [-0.2, 0) is 0 Å². The van der Waals surface area contributed by atoms with E-state index < -0.39 is 0 Å². The molecule has 0 unspecified atom stereocenters. The molecular weight excluding hydrogens is 368 g/mol.